The van der Waals surface area contributed by atoms with Gasteiger partial charge in [-0.05, 0) is 51.0 Å². The summed E-state index contributed by atoms with van der Waals surface area (Å²) in [7, 11) is -9.04. The minimum atomic E-state index is -4.52. The predicted octanol–water partition coefficient (Wildman–Crippen LogP) is 2.75. The first-order valence-electron chi connectivity index (χ1n) is 7.38. The Hall–Kier alpha value is -2.28. The summed E-state index contributed by atoms with van der Waals surface area (Å²) in [5, 5.41) is 0. The van der Waals surface area contributed by atoms with Crippen molar-refractivity contribution in [2.24, 2.45) is 0 Å². The molecule has 0 atom stereocenters. The highest BCUT2D eigenvalue weighted by molar-refractivity contribution is 8.31. The maximum atomic E-state index is 12.8. The van der Waals surface area contributed by atoms with E-state index >= 15 is 0 Å². The summed E-state index contributed by atoms with van der Waals surface area (Å²) in [4.78, 5) is 2.23. The van der Waals surface area contributed by atoms with Gasteiger partial charge in [0.25, 0.3) is 19.7 Å². The Morgan fingerprint density at radius 2 is 1.12 bits per heavy atom. The van der Waals surface area contributed by atoms with Gasteiger partial charge in [-0.3, -0.25) is 0 Å². The Labute approximate surface area is 147 Å². The topological polar surface area (TPSA) is 105 Å². The van der Waals surface area contributed by atoms with Crippen molar-refractivity contribution in [3.05, 3.63) is 64.2 Å². The maximum absolute atomic E-state index is 12.8. The van der Waals surface area contributed by atoms with Crippen molar-refractivity contribution in [1.29, 1.82) is 0 Å². The molecule has 2 rings (SSSR count). The molecular formula is C17H18N2O4S2. The van der Waals surface area contributed by atoms with Gasteiger partial charge in [0.05, 0.1) is 9.79 Å². The van der Waals surface area contributed by atoms with Crippen LogP contribution in [0.5, 0.6) is 0 Å². The Balaban J connectivity index is 2.72. The summed E-state index contributed by atoms with van der Waals surface area (Å²) in [6, 6.07) is 8.96. The second-order valence-corrected chi connectivity index (χ2v) is 9.84. The molecule has 0 amide bonds. The molecule has 25 heavy (non-hydrogen) atoms. The molecule has 0 radical (unpaired) electrons. The lowest BCUT2D eigenvalue weighted by Crippen LogP contribution is -2.27. The number of sulfone groups is 2. The van der Waals surface area contributed by atoms with Crippen molar-refractivity contribution in [3.63, 3.8) is 0 Å². The molecule has 0 aliphatic carbocycles. The van der Waals surface area contributed by atoms with E-state index in [2.05, 4.69) is 4.79 Å². The van der Waals surface area contributed by atoms with Gasteiger partial charge in [-0.1, -0.05) is 35.4 Å². The van der Waals surface area contributed by atoms with Crippen LogP contribution in [-0.2, 0) is 19.7 Å². The first-order chi connectivity index (χ1) is 11.5. The largest absolute Gasteiger partial charge is 0.504 e. The zero-order valence-electron chi connectivity index (χ0n) is 14.3. The van der Waals surface area contributed by atoms with E-state index in [1.165, 1.54) is 12.1 Å². The van der Waals surface area contributed by atoms with Gasteiger partial charge in [-0.2, -0.15) is 0 Å². The quantitative estimate of drug-likeness (QED) is 0.347. The number of hydrogen-bond acceptors (Lipinski definition) is 4. The van der Waals surface area contributed by atoms with E-state index in [4.69, 9.17) is 0 Å². The van der Waals surface area contributed by atoms with Crippen LogP contribution in [-0.4, -0.2) is 26.0 Å². The Kier molecular flexibility index (Phi) is 4.99. The molecule has 0 aromatic heterocycles. The molecule has 2 aromatic carbocycles. The fourth-order valence-electron chi connectivity index (χ4n) is 2.64. The third kappa shape index (κ3) is 3.42. The molecule has 8 heteroatoms. The van der Waals surface area contributed by atoms with Crippen LogP contribution in [0.15, 0.2) is 46.2 Å². The van der Waals surface area contributed by atoms with Gasteiger partial charge in [-0.25, -0.2) is 16.8 Å². The van der Waals surface area contributed by atoms with Crippen LogP contribution in [0, 0.1) is 27.7 Å². The van der Waals surface area contributed by atoms with E-state index in [0.717, 1.165) is 11.1 Å². The molecule has 6 nitrogen and oxygen atoms in total. The normalized spacial score (nSPS) is 11.8. The lowest BCUT2D eigenvalue weighted by Gasteiger charge is -2.08. The van der Waals surface area contributed by atoms with Crippen LogP contribution in [0.1, 0.15) is 22.3 Å². The second kappa shape index (κ2) is 6.55. The van der Waals surface area contributed by atoms with Crippen molar-refractivity contribution in [3.8, 4) is 0 Å². The first kappa shape index (κ1) is 19.1. The number of aryl methyl sites for hydroxylation is 4. The molecule has 0 heterocycles. The van der Waals surface area contributed by atoms with Crippen molar-refractivity contribution in [1.82, 2.24) is 0 Å². The zero-order chi connectivity index (χ0) is 19.0. The van der Waals surface area contributed by atoms with Crippen molar-refractivity contribution < 1.29 is 21.6 Å². The molecule has 132 valence electrons. The van der Waals surface area contributed by atoms with Gasteiger partial charge in [0.2, 0.25) is 0 Å². The second-order valence-electron chi connectivity index (χ2n) is 5.91. The molecule has 0 saturated carbocycles. The summed E-state index contributed by atoms with van der Waals surface area (Å²) in [5.74, 6) is 0. The van der Waals surface area contributed by atoms with E-state index in [1.54, 1.807) is 52.0 Å². The van der Waals surface area contributed by atoms with Crippen LogP contribution in [0.4, 0.5) is 0 Å². The molecule has 0 N–H and O–H groups in total. The van der Waals surface area contributed by atoms with E-state index in [1.807, 2.05) is 0 Å². The molecule has 0 aliphatic heterocycles. The monoisotopic (exact) mass is 378 g/mol. The van der Waals surface area contributed by atoms with Crippen molar-refractivity contribution >= 4 is 24.1 Å². The average Bonchev–Trinajstić information content (AvgIpc) is 2.46. The van der Waals surface area contributed by atoms with Crippen molar-refractivity contribution in [2.45, 2.75) is 37.5 Å². The Morgan fingerprint density at radius 1 is 0.760 bits per heavy atom. The fourth-order valence-corrected chi connectivity index (χ4v) is 6.39. The number of nitrogens with zero attached hydrogens (tertiary/aromatic N) is 2. The highest BCUT2D eigenvalue weighted by Crippen LogP contribution is 2.25. The molecule has 0 bridgehead atoms. The van der Waals surface area contributed by atoms with E-state index in [0.29, 0.717) is 11.1 Å². The highest BCUT2D eigenvalue weighted by atomic mass is 32.3. The van der Waals surface area contributed by atoms with Crippen LogP contribution >= 0.6 is 0 Å². The van der Waals surface area contributed by atoms with Gasteiger partial charge < -0.3 is 5.53 Å². The summed E-state index contributed by atoms with van der Waals surface area (Å²) in [6.45, 7) is 6.69. The number of hydrogen-bond donors (Lipinski definition) is 0. The van der Waals surface area contributed by atoms with Gasteiger partial charge in [-0.15, -0.1) is 4.79 Å². The molecule has 2 aromatic rings. The first-order valence-corrected chi connectivity index (χ1v) is 10.3. The van der Waals surface area contributed by atoms with Crippen LogP contribution in [0.2, 0.25) is 0 Å². The Bertz CT molecular complexity index is 1030. The average molecular weight is 378 g/mol. The summed E-state index contributed by atoms with van der Waals surface area (Å²) < 4.78 is 50.0. The Morgan fingerprint density at radius 3 is 1.40 bits per heavy atom. The molecule has 0 fully saturated rings. The predicted molar refractivity (Wildman–Crippen MR) is 94.8 cm³/mol. The maximum Gasteiger partial charge on any atom is 0.504 e. The minimum Gasteiger partial charge on any atom is -0.359 e. The van der Waals surface area contributed by atoms with E-state index in [-0.39, 0.29) is 9.79 Å². The summed E-state index contributed by atoms with van der Waals surface area (Å²) in [6.07, 6.45) is 0. The zero-order valence-corrected chi connectivity index (χ0v) is 15.9. The van der Waals surface area contributed by atoms with E-state index in [9.17, 15) is 22.4 Å². The van der Waals surface area contributed by atoms with Gasteiger partial charge in [0.1, 0.15) is 0 Å². The number of benzene rings is 2. The van der Waals surface area contributed by atoms with Crippen LogP contribution in [0.25, 0.3) is 5.53 Å². The third-order valence-corrected chi connectivity index (χ3v) is 8.25. The summed E-state index contributed by atoms with van der Waals surface area (Å²) >= 11 is 0. The van der Waals surface area contributed by atoms with Gasteiger partial charge in [0, 0.05) is 0 Å². The lowest BCUT2D eigenvalue weighted by molar-refractivity contribution is 0.00379. The molecule has 0 saturated heterocycles. The van der Waals surface area contributed by atoms with Crippen LogP contribution < -0.4 is 0 Å². The minimum absolute atomic E-state index is 0.209. The van der Waals surface area contributed by atoms with E-state index < -0.39 is 24.1 Å². The summed E-state index contributed by atoms with van der Waals surface area (Å²) in [5.41, 5.74) is 11.6. The molecule has 0 spiro atoms. The van der Waals surface area contributed by atoms with Crippen LogP contribution in [0.3, 0.4) is 0 Å². The lowest BCUT2D eigenvalue weighted by atomic mass is 10.2. The molecule has 0 aliphatic rings. The smallest absolute Gasteiger partial charge is 0.359 e. The van der Waals surface area contributed by atoms with Gasteiger partial charge >= 0.3 is 4.38 Å². The molecule has 0 unspecified atom stereocenters. The van der Waals surface area contributed by atoms with Crippen molar-refractivity contribution in [2.75, 3.05) is 0 Å². The fraction of sp³-hybridized carbons (Fsp3) is 0.235. The highest BCUT2D eigenvalue weighted by Gasteiger charge is 2.45. The molecular weight excluding hydrogens is 360 g/mol. The number of rotatable bonds is 2. The standard InChI is InChI=1S/C17H18N2O4S2/c1-11-5-7-15(13(3)9-11)24(20,21)17(19-18)25(22,23)16-8-6-12(2)10-14(16)4/h5-10H,1-4H3. The SMILES string of the molecule is Cc1ccc(S(=O)(=O)C(=[N+]=[N-])S(=O)(=O)c2ccc(C)cc2C)c(C)c1. The van der Waals surface area contributed by atoms with Gasteiger partial charge in [0.15, 0.2) is 0 Å². The third-order valence-electron chi connectivity index (χ3n) is 3.78.